The summed E-state index contributed by atoms with van der Waals surface area (Å²) >= 11 is 0. The van der Waals surface area contributed by atoms with Gasteiger partial charge in [-0.1, -0.05) is 31.9 Å². The minimum Gasteiger partial charge on any atom is -0.425 e. The molecule has 0 saturated carbocycles. The number of halogens is 1. The molecule has 0 aliphatic carbocycles. The van der Waals surface area contributed by atoms with E-state index < -0.39 is 5.56 Å². The number of rotatable bonds is 8. The highest BCUT2D eigenvalue weighted by Gasteiger charge is 2.16. The van der Waals surface area contributed by atoms with Crippen LogP contribution in [0.2, 0.25) is 0 Å². The van der Waals surface area contributed by atoms with Gasteiger partial charge in [0.05, 0.1) is 11.7 Å². The Hall–Kier alpha value is -3.19. The lowest BCUT2D eigenvalue weighted by molar-refractivity contribution is 0.176. The smallest absolute Gasteiger partial charge is 0.309 e. The van der Waals surface area contributed by atoms with Gasteiger partial charge in [0.1, 0.15) is 11.3 Å². The second kappa shape index (κ2) is 8.89. The molecule has 0 spiro atoms. The molecule has 7 heteroatoms. The lowest BCUT2D eigenvalue weighted by Crippen LogP contribution is -2.19. The lowest BCUT2D eigenvalue weighted by atomic mass is 10.1. The van der Waals surface area contributed by atoms with Crippen LogP contribution in [0.3, 0.4) is 0 Å². The molecule has 4 aromatic rings. The second-order valence-electron chi connectivity index (χ2n) is 8.10. The predicted octanol–water partition coefficient (Wildman–Crippen LogP) is 4.40. The van der Waals surface area contributed by atoms with E-state index in [-0.39, 0.29) is 11.3 Å². The van der Waals surface area contributed by atoms with Crippen LogP contribution in [-0.4, -0.2) is 38.0 Å². The molecule has 0 atom stereocenters. The van der Waals surface area contributed by atoms with Crippen molar-refractivity contribution in [2.45, 2.75) is 39.3 Å². The molecule has 162 valence electrons. The van der Waals surface area contributed by atoms with Gasteiger partial charge in [0, 0.05) is 36.3 Å². The van der Waals surface area contributed by atoms with Crippen LogP contribution in [0.4, 0.5) is 4.39 Å². The summed E-state index contributed by atoms with van der Waals surface area (Å²) in [5, 5.41) is 11.5. The molecule has 1 N–H and O–H groups in total. The van der Waals surface area contributed by atoms with E-state index >= 15 is 0 Å². The zero-order valence-electron chi connectivity index (χ0n) is 17.9. The molecule has 0 aliphatic heterocycles. The first-order valence-electron chi connectivity index (χ1n) is 10.6. The zero-order chi connectivity index (χ0) is 22.0. The van der Waals surface area contributed by atoms with Crippen LogP contribution in [-0.2, 0) is 13.1 Å². The quantitative estimate of drug-likeness (QED) is 0.338. The van der Waals surface area contributed by atoms with E-state index in [1.54, 1.807) is 24.4 Å². The highest BCUT2D eigenvalue weighted by Crippen LogP contribution is 2.29. The van der Waals surface area contributed by atoms with Crippen molar-refractivity contribution in [3.63, 3.8) is 0 Å². The molecule has 0 amide bonds. The largest absolute Gasteiger partial charge is 0.425 e. The fourth-order valence-electron chi connectivity index (χ4n) is 4.09. The highest BCUT2D eigenvalue weighted by molar-refractivity contribution is 6.06. The van der Waals surface area contributed by atoms with E-state index in [4.69, 9.17) is 0 Å². The van der Waals surface area contributed by atoms with Crippen LogP contribution in [0.1, 0.15) is 37.3 Å². The molecule has 0 unspecified atom stereocenters. The predicted molar refractivity (Wildman–Crippen MR) is 120 cm³/mol. The lowest BCUT2D eigenvalue weighted by Gasteiger charge is -2.16. The van der Waals surface area contributed by atoms with Crippen molar-refractivity contribution in [1.82, 2.24) is 19.2 Å². The molecule has 31 heavy (non-hydrogen) atoms. The van der Waals surface area contributed by atoms with Gasteiger partial charge in [-0.05, 0) is 49.3 Å². The molecular weight excluding hydrogens is 395 g/mol. The van der Waals surface area contributed by atoms with Gasteiger partial charge in [-0.25, -0.2) is 9.37 Å². The fraction of sp³-hybridized carbons (Fsp3) is 0.333. The van der Waals surface area contributed by atoms with E-state index in [1.807, 2.05) is 0 Å². The third-order valence-electron chi connectivity index (χ3n) is 5.68. The van der Waals surface area contributed by atoms with Crippen LogP contribution in [0.25, 0.3) is 21.8 Å². The summed E-state index contributed by atoms with van der Waals surface area (Å²) < 4.78 is 16.0. The average Bonchev–Trinajstić information content (AvgIpc) is 3.10. The normalized spacial score (nSPS) is 11.7. The average molecular weight is 423 g/mol. The Morgan fingerprint density at radius 1 is 1.16 bits per heavy atom. The summed E-state index contributed by atoms with van der Waals surface area (Å²) in [4.78, 5) is 19.0. The first-order valence-corrected chi connectivity index (χ1v) is 10.6. The van der Waals surface area contributed by atoms with Crippen molar-refractivity contribution in [3.8, 4) is 0 Å². The first kappa shape index (κ1) is 21.1. The maximum atomic E-state index is 13.3. The Labute approximate surface area is 180 Å². The molecular formula is C24H27FN4O2. The highest BCUT2D eigenvalue weighted by atomic mass is 19.1. The maximum Gasteiger partial charge on any atom is 0.309 e. The number of nitrogens with zero attached hydrogens (tertiary/aromatic N) is 4. The van der Waals surface area contributed by atoms with Gasteiger partial charge in [-0.3, -0.25) is 4.79 Å². The first-order chi connectivity index (χ1) is 15.0. The fourth-order valence-corrected chi connectivity index (χ4v) is 4.09. The van der Waals surface area contributed by atoms with Gasteiger partial charge in [0.2, 0.25) is 0 Å². The third kappa shape index (κ3) is 4.32. The molecule has 1 aromatic carbocycles. The molecule has 6 nitrogen and oxygen atoms in total. The second-order valence-corrected chi connectivity index (χ2v) is 8.10. The Morgan fingerprint density at radius 2 is 1.94 bits per heavy atom. The molecule has 4 rings (SSSR count). The Bertz CT molecular complexity index is 1260. The number of hydrogen-bond acceptors (Lipinski definition) is 4. The van der Waals surface area contributed by atoms with Crippen molar-refractivity contribution >= 4 is 21.8 Å². The van der Waals surface area contributed by atoms with Crippen LogP contribution in [0, 0.1) is 5.82 Å². The summed E-state index contributed by atoms with van der Waals surface area (Å²) in [6.45, 7) is 4.49. The topological polar surface area (TPSA) is 63.3 Å². The minimum absolute atomic E-state index is 0.243. The van der Waals surface area contributed by atoms with Gasteiger partial charge < -0.3 is 14.7 Å². The van der Waals surface area contributed by atoms with Crippen LogP contribution < -0.4 is 5.56 Å². The SMILES string of the molecule is CCCCCN(C)Cc1cn(Cc2ccc(F)cc2)c2cnc3c(=O)n(O)ccc3c12. The number of aromatic nitrogens is 3. The van der Waals surface area contributed by atoms with Gasteiger partial charge >= 0.3 is 5.56 Å². The molecule has 0 bridgehead atoms. The monoisotopic (exact) mass is 422 g/mol. The van der Waals surface area contributed by atoms with Crippen molar-refractivity contribution < 1.29 is 9.60 Å². The summed E-state index contributed by atoms with van der Waals surface area (Å²) in [6.07, 6.45) is 8.64. The van der Waals surface area contributed by atoms with Crippen molar-refractivity contribution in [1.29, 1.82) is 0 Å². The number of hydrogen-bond donors (Lipinski definition) is 1. The van der Waals surface area contributed by atoms with E-state index in [1.165, 1.54) is 31.2 Å². The number of unbranched alkanes of at least 4 members (excludes halogenated alkanes) is 2. The van der Waals surface area contributed by atoms with E-state index in [0.29, 0.717) is 11.3 Å². The van der Waals surface area contributed by atoms with E-state index in [2.05, 4.69) is 34.6 Å². The number of fused-ring (bicyclic) bond motifs is 3. The van der Waals surface area contributed by atoms with Crippen molar-refractivity contribution in [2.24, 2.45) is 0 Å². The molecule has 0 aliphatic rings. The zero-order valence-corrected chi connectivity index (χ0v) is 17.9. The summed E-state index contributed by atoms with van der Waals surface area (Å²) in [5.74, 6) is -0.261. The summed E-state index contributed by atoms with van der Waals surface area (Å²) in [5.41, 5.74) is 2.69. The van der Waals surface area contributed by atoms with Gasteiger partial charge in [0.15, 0.2) is 0 Å². The number of benzene rings is 1. The van der Waals surface area contributed by atoms with Crippen molar-refractivity contribution in [3.05, 3.63) is 76.2 Å². The molecule has 3 heterocycles. The standard InChI is InChI=1S/C24H27FN4O2/c1-3-4-5-11-27(2)15-18-16-28(14-17-6-8-19(25)9-7-17)21-13-26-23-20(22(18)21)10-12-29(31)24(23)30/h6-10,12-13,16,31H,3-5,11,14-15H2,1-2H3. The maximum absolute atomic E-state index is 13.3. The molecule has 3 aromatic heterocycles. The Morgan fingerprint density at radius 3 is 2.68 bits per heavy atom. The summed E-state index contributed by atoms with van der Waals surface area (Å²) in [7, 11) is 2.10. The van der Waals surface area contributed by atoms with Gasteiger partial charge in [-0.2, -0.15) is 4.73 Å². The van der Waals surface area contributed by atoms with Gasteiger partial charge in [0.25, 0.3) is 0 Å². The van der Waals surface area contributed by atoms with Crippen molar-refractivity contribution in [2.75, 3.05) is 13.6 Å². The van der Waals surface area contributed by atoms with E-state index in [9.17, 15) is 14.4 Å². The van der Waals surface area contributed by atoms with Crippen LogP contribution >= 0.6 is 0 Å². The number of pyridine rings is 2. The van der Waals surface area contributed by atoms with E-state index in [0.717, 1.165) is 46.9 Å². The Balaban J connectivity index is 1.81. The van der Waals surface area contributed by atoms with Crippen LogP contribution in [0.15, 0.2) is 53.7 Å². The van der Waals surface area contributed by atoms with Crippen LogP contribution in [0.5, 0.6) is 0 Å². The van der Waals surface area contributed by atoms with Gasteiger partial charge in [-0.15, -0.1) is 0 Å². The Kier molecular flexibility index (Phi) is 6.04. The molecule has 0 radical (unpaired) electrons. The minimum atomic E-state index is -0.534. The summed E-state index contributed by atoms with van der Waals surface area (Å²) in [6, 6.07) is 8.20. The third-order valence-corrected chi connectivity index (χ3v) is 5.68. The molecule has 0 fully saturated rings. The molecule has 0 saturated heterocycles.